The van der Waals surface area contributed by atoms with Gasteiger partial charge in [0.05, 0.1) is 21.9 Å². The van der Waals surface area contributed by atoms with E-state index < -0.39 is 32.2 Å². The lowest BCUT2D eigenvalue weighted by Gasteiger charge is -2.10. The number of nitro benzene ring substituents is 1. The summed E-state index contributed by atoms with van der Waals surface area (Å²) in [5.41, 5.74) is -1.02. The number of hydrogen-bond acceptors (Lipinski definition) is 5. The van der Waals surface area contributed by atoms with Crippen molar-refractivity contribution < 1.29 is 23.2 Å². The molecule has 0 aromatic heterocycles. The Morgan fingerprint density at radius 2 is 2.10 bits per heavy atom. The Morgan fingerprint density at radius 1 is 1.45 bits per heavy atom. The molecule has 0 aliphatic heterocycles. The molecule has 20 heavy (non-hydrogen) atoms. The number of benzene rings is 1. The number of hydrogen-bond donors (Lipinski definition) is 2. The Hall–Kier alpha value is -2.16. The van der Waals surface area contributed by atoms with Crippen LogP contribution in [0.5, 0.6) is 0 Å². The van der Waals surface area contributed by atoms with E-state index in [0.29, 0.717) is 0 Å². The van der Waals surface area contributed by atoms with Crippen LogP contribution in [0, 0.1) is 16.0 Å². The van der Waals surface area contributed by atoms with Crippen molar-refractivity contribution in [3.63, 3.8) is 0 Å². The summed E-state index contributed by atoms with van der Waals surface area (Å²) in [7, 11) is -3.64. The van der Waals surface area contributed by atoms with E-state index in [2.05, 4.69) is 4.72 Å². The summed E-state index contributed by atoms with van der Waals surface area (Å²) >= 11 is 0. The average molecular weight is 300 g/mol. The number of non-ortho nitro benzene ring substituents is 1. The molecule has 1 aliphatic rings. The number of aromatic carboxylic acids is 1. The van der Waals surface area contributed by atoms with Crippen molar-refractivity contribution >= 4 is 27.4 Å². The topological polar surface area (TPSA) is 127 Å². The van der Waals surface area contributed by atoms with E-state index in [9.17, 15) is 23.3 Å². The van der Waals surface area contributed by atoms with E-state index in [0.717, 1.165) is 31.0 Å². The van der Waals surface area contributed by atoms with Gasteiger partial charge in [-0.15, -0.1) is 0 Å². The minimum atomic E-state index is -3.64. The lowest BCUT2D eigenvalue weighted by molar-refractivity contribution is -0.384. The molecular weight excluding hydrogens is 288 g/mol. The summed E-state index contributed by atoms with van der Waals surface area (Å²) < 4.78 is 25.8. The second kappa shape index (κ2) is 5.08. The molecule has 0 bridgehead atoms. The SMILES string of the molecule is O=C(O)c1cc([N+](=O)[O-])ccc1NS(=O)(=O)CC1CC1. The lowest BCUT2D eigenvalue weighted by Crippen LogP contribution is -2.19. The molecule has 1 fully saturated rings. The van der Waals surface area contributed by atoms with Crippen LogP contribution in [0.1, 0.15) is 23.2 Å². The Morgan fingerprint density at radius 3 is 2.60 bits per heavy atom. The van der Waals surface area contributed by atoms with E-state index in [4.69, 9.17) is 5.11 Å². The number of sulfonamides is 1. The molecule has 0 heterocycles. The Kier molecular flexibility index (Phi) is 3.62. The molecule has 8 nitrogen and oxygen atoms in total. The van der Waals surface area contributed by atoms with Crippen LogP contribution < -0.4 is 4.72 Å². The van der Waals surface area contributed by atoms with Gasteiger partial charge in [0.15, 0.2) is 0 Å². The highest BCUT2D eigenvalue weighted by Crippen LogP contribution is 2.31. The van der Waals surface area contributed by atoms with Crippen LogP contribution in [0.3, 0.4) is 0 Å². The molecule has 9 heteroatoms. The van der Waals surface area contributed by atoms with Crippen molar-refractivity contribution in [1.29, 1.82) is 0 Å². The fourth-order valence-corrected chi connectivity index (χ4v) is 3.27. The van der Waals surface area contributed by atoms with Gasteiger partial charge in [-0.05, 0) is 24.8 Å². The predicted octanol–water partition coefficient (Wildman–Crippen LogP) is 1.44. The Labute approximate surface area is 114 Å². The first kappa shape index (κ1) is 14.3. The summed E-state index contributed by atoms with van der Waals surface area (Å²) in [4.78, 5) is 20.9. The van der Waals surface area contributed by atoms with Crippen LogP contribution in [0.4, 0.5) is 11.4 Å². The zero-order valence-corrected chi connectivity index (χ0v) is 11.1. The number of anilines is 1. The van der Waals surface area contributed by atoms with Crippen LogP contribution in [-0.4, -0.2) is 30.2 Å². The standard InChI is InChI=1S/C11H12N2O6S/c14-11(15)9-5-8(13(16)17)3-4-10(9)12-20(18,19)6-7-1-2-7/h3-5,7,12H,1-2,6H2,(H,14,15). The third-order valence-corrected chi connectivity index (χ3v) is 4.30. The van der Waals surface area contributed by atoms with Gasteiger partial charge in [0.1, 0.15) is 0 Å². The minimum Gasteiger partial charge on any atom is -0.478 e. The first-order valence-corrected chi connectivity index (χ1v) is 7.46. The van der Waals surface area contributed by atoms with E-state index in [-0.39, 0.29) is 17.4 Å². The van der Waals surface area contributed by atoms with Gasteiger partial charge in [-0.1, -0.05) is 0 Å². The number of nitrogens with one attached hydrogen (secondary N) is 1. The van der Waals surface area contributed by atoms with Gasteiger partial charge < -0.3 is 5.11 Å². The molecule has 1 aliphatic carbocycles. The third-order valence-electron chi connectivity index (χ3n) is 2.86. The number of nitrogens with zero attached hydrogens (tertiary/aromatic N) is 1. The van der Waals surface area contributed by atoms with Crippen LogP contribution in [0.2, 0.25) is 0 Å². The number of nitro groups is 1. The second-order valence-electron chi connectivity index (χ2n) is 4.62. The fourth-order valence-electron chi connectivity index (χ4n) is 1.72. The Bertz CT molecular complexity index is 665. The van der Waals surface area contributed by atoms with Crippen molar-refractivity contribution in [2.24, 2.45) is 5.92 Å². The van der Waals surface area contributed by atoms with Crippen LogP contribution in [0.25, 0.3) is 0 Å². The summed E-state index contributed by atoms with van der Waals surface area (Å²) in [6, 6.07) is 2.98. The quantitative estimate of drug-likeness (QED) is 0.604. The largest absolute Gasteiger partial charge is 0.478 e. The number of carboxylic acids is 1. The number of rotatable bonds is 6. The van der Waals surface area contributed by atoms with Gasteiger partial charge in [-0.2, -0.15) is 0 Å². The molecule has 1 aromatic rings. The van der Waals surface area contributed by atoms with E-state index in [1.54, 1.807) is 0 Å². The van der Waals surface area contributed by atoms with Crippen molar-refractivity contribution in [2.45, 2.75) is 12.8 Å². The molecule has 0 spiro atoms. The van der Waals surface area contributed by atoms with Crippen molar-refractivity contribution in [3.8, 4) is 0 Å². The van der Waals surface area contributed by atoms with Gasteiger partial charge in [-0.25, -0.2) is 13.2 Å². The van der Waals surface area contributed by atoms with Gasteiger partial charge >= 0.3 is 5.97 Å². The molecule has 0 amide bonds. The maximum absolute atomic E-state index is 11.8. The van der Waals surface area contributed by atoms with Crippen LogP contribution in [-0.2, 0) is 10.0 Å². The summed E-state index contributed by atoms with van der Waals surface area (Å²) in [5.74, 6) is -1.39. The van der Waals surface area contributed by atoms with Gasteiger partial charge in [0, 0.05) is 12.1 Å². The summed E-state index contributed by atoms with van der Waals surface area (Å²) in [6.45, 7) is 0. The van der Waals surface area contributed by atoms with Crippen molar-refractivity contribution in [1.82, 2.24) is 0 Å². The monoisotopic (exact) mass is 300 g/mol. The van der Waals surface area contributed by atoms with Crippen molar-refractivity contribution in [2.75, 3.05) is 10.5 Å². The molecule has 2 N–H and O–H groups in total. The average Bonchev–Trinajstić information content (AvgIpc) is 3.11. The molecule has 1 saturated carbocycles. The number of carbonyl (C=O) groups is 1. The minimum absolute atomic E-state index is 0.0664. The molecule has 2 rings (SSSR count). The molecule has 0 saturated heterocycles. The zero-order chi connectivity index (χ0) is 14.9. The van der Waals surface area contributed by atoms with E-state index in [1.165, 1.54) is 0 Å². The van der Waals surface area contributed by atoms with E-state index >= 15 is 0 Å². The molecule has 108 valence electrons. The van der Waals surface area contributed by atoms with Gasteiger partial charge in [0.2, 0.25) is 10.0 Å². The van der Waals surface area contributed by atoms with E-state index in [1.807, 2.05) is 0 Å². The van der Waals surface area contributed by atoms with Crippen molar-refractivity contribution in [3.05, 3.63) is 33.9 Å². The van der Waals surface area contributed by atoms with Crippen LogP contribution >= 0.6 is 0 Å². The second-order valence-corrected chi connectivity index (χ2v) is 6.39. The molecule has 0 atom stereocenters. The van der Waals surface area contributed by atoms with Crippen LogP contribution in [0.15, 0.2) is 18.2 Å². The molecule has 1 aromatic carbocycles. The maximum atomic E-state index is 11.8. The highest BCUT2D eigenvalue weighted by atomic mass is 32.2. The highest BCUT2D eigenvalue weighted by Gasteiger charge is 2.29. The Balaban J connectivity index is 2.30. The normalized spacial score (nSPS) is 14.8. The first-order valence-electron chi connectivity index (χ1n) is 5.81. The lowest BCUT2D eigenvalue weighted by atomic mass is 10.1. The first-order chi connectivity index (χ1) is 9.28. The van der Waals surface area contributed by atoms with Gasteiger partial charge in [0.25, 0.3) is 5.69 Å². The molecule has 0 radical (unpaired) electrons. The molecule has 0 unspecified atom stereocenters. The summed E-state index contributed by atoms with van der Waals surface area (Å²) in [5, 5.41) is 19.6. The highest BCUT2D eigenvalue weighted by molar-refractivity contribution is 7.92. The predicted molar refractivity (Wildman–Crippen MR) is 70.2 cm³/mol. The number of carboxylic acid groups (broad SMARTS) is 1. The fraction of sp³-hybridized carbons (Fsp3) is 0.364. The molecular formula is C11H12N2O6S. The third kappa shape index (κ3) is 3.44. The maximum Gasteiger partial charge on any atom is 0.338 e. The smallest absolute Gasteiger partial charge is 0.338 e. The zero-order valence-electron chi connectivity index (χ0n) is 10.3. The van der Waals surface area contributed by atoms with Gasteiger partial charge in [-0.3, -0.25) is 14.8 Å². The summed E-state index contributed by atoms with van der Waals surface area (Å²) in [6.07, 6.45) is 1.68.